The van der Waals surface area contributed by atoms with Crippen LogP contribution in [-0.2, 0) is 11.0 Å². The first-order valence-corrected chi connectivity index (χ1v) is 9.21. The molecule has 0 spiro atoms. The lowest BCUT2D eigenvalue weighted by Crippen LogP contribution is -2.45. The van der Waals surface area contributed by atoms with Crippen LogP contribution in [0, 0.1) is 0 Å². The Balaban J connectivity index is 1.81. The van der Waals surface area contributed by atoms with Crippen LogP contribution in [0.5, 0.6) is 5.75 Å². The highest BCUT2D eigenvalue weighted by atomic mass is 32.2. The number of hydrogen-bond donors (Lipinski definition) is 1. The summed E-state index contributed by atoms with van der Waals surface area (Å²) in [7, 11) is 2.76. The summed E-state index contributed by atoms with van der Waals surface area (Å²) in [5, 5.41) is 3.33. The van der Waals surface area contributed by atoms with E-state index in [2.05, 4.69) is 10.2 Å². The van der Waals surface area contributed by atoms with E-state index in [9.17, 15) is 4.21 Å². The van der Waals surface area contributed by atoms with Crippen molar-refractivity contribution in [3.8, 4) is 5.75 Å². The number of benzene rings is 2. The SMILES string of the molecule is CN(C)CCNCC1Oc2ccccc2N(c2ccccc2)S1=O. The van der Waals surface area contributed by atoms with Gasteiger partial charge >= 0.3 is 0 Å². The molecule has 1 N–H and O–H groups in total. The molecule has 0 saturated carbocycles. The number of anilines is 2. The Morgan fingerprint density at radius 2 is 1.83 bits per heavy atom. The molecule has 1 aliphatic rings. The average Bonchev–Trinajstić information content (AvgIpc) is 2.59. The molecule has 0 amide bonds. The zero-order chi connectivity index (χ0) is 16.9. The van der Waals surface area contributed by atoms with Gasteiger partial charge in [-0.25, -0.2) is 4.21 Å². The third-order valence-corrected chi connectivity index (χ3v) is 5.26. The molecule has 2 atom stereocenters. The molecule has 6 heteroatoms. The van der Waals surface area contributed by atoms with Crippen LogP contribution in [0.25, 0.3) is 0 Å². The van der Waals surface area contributed by atoms with E-state index in [0.29, 0.717) is 6.54 Å². The van der Waals surface area contributed by atoms with E-state index in [-0.39, 0.29) is 0 Å². The second kappa shape index (κ2) is 7.79. The van der Waals surface area contributed by atoms with Gasteiger partial charge in [0.2, 0.25) is 5.44 Å². The van der Waals surface area contributed by atoms with E-state index in [1.165, 1.54) is 0 Å². The van der Waals surface area contributed by atoms with E-state index in [1.54, 1.807) is 0 Å². The highest BCUT2D eigenvalue weighted by Gasteiger charge is 2.33. The second-order valence-electron chi connectivity index (χ2n) is 5.93. The van der Waals surface area contributed by atoms with Gasteiger partial charge in [-0.1, -0.05) is 30.3 Å². The van der Waals surface area contributed by atoms with Crippen molar-refractivity contribution in [1.29, 1.82) is 0 Å². The minimum Gasteiger partial charge on any atom is -0.472 e. The predicted molar refractivity (Wildman–Crippen MR) is 99.0 cm³/mol. The number of fused-ring (bicyclic) bond motifs is 1. The van der Waals surface area contributed by atoms with Gasteiger partial charge in [0.25, 0.3) is 0 Å². The zero-order valence-corrected chi connectivity index (χ0v) is 14.8. The van der Waals surface area contributed by atoms with Crippen molar-refractivity contribution < 1.29 is 8.95 Å². The van der Waals surface area contributed by atoms with Gasteiger partial charge in [0.1, 0.15) is 5.75 Å². The summed E-state index contributed by atoms with van der Waals surface area (Å²) >= 11 is 0. The summed E-state index contributed by atoms with van der Waals surface area (Å²) in [6.07, 6.45) is 0. The van der Waals surface area contributed by atoms with Crippen molar-refractivity contribution >= 4 is 22.4 Å². The molecule has 1 heterocycles. The van der Waals surface area contributed by atoms with Crippen LogP contribution >= 0.6 is 0 Å². The van der Waals surface area contributed by atoms with Crippen molar-refractivity contribution in [2.75, 3.05) is 38.0 Å². The lowest BCUT2D eigenvalue weighted by Gasteiger charge is -2.35. The normalized spacial score (nSPS) is 19.9. The number of hydrogen-bond acceptors (Lipinski definition) is 4. The molecule has 0 aromatic heterocycles. The molecule has 128 valence electrons. The van der Waals surface area contributed by atoms with Gasteiger partial charge in [0.05, 0.1) is 11.4 Å². The molecule has 0 bridgehead atoms. The quantitative estimate of drug-likeness (QED) is 0.817. The number of para-hydroxylation sites is 3. The maximum Gasteiger partial charge on any atom is 0.205 e. The molecule has 0 aliphatic carbocycles. The van der Waals surface area contributed by atoms with Crippen molar-refractivity contribution in [2.45, 2.75) is 5.44 Å². The van der Waals surface area contributed by atoms with E-state index >= 15 is 0 Å². The molecular weight excluding hydrogens is 322 g/mol. The minimum absolute atomic E-state index is 0.415. The molecule has 2 unspecified atom stereocenters. The first-order valence-electron chi connectivity index (χ1n) is 8.04. The number of nitrogens with zero attached hydrogens (tertiary/aromatic N) is 2. The third kappa shape index (κ3) is 3.77. The number of rotatable bonds is 6. The van der Waals surface area contributed by atoms with Gasteiger partial charge in [0.15, 0.2) is 11.0 Å². The van der Waals surface area contributed by atoms with Crippen LogP contribution in [0.3, 0.4) is 0 Å². The van der Waals surface area contributed by atoms with Crippen molar-refractivity contribution in [3.63, 3.8) is 0 Å². The van der Waals surface area contributed by atoms with E-state index in [0.717, 1.165) is 30.2 Å². The molecule has 0 radical (unpaired) electrons. The van der Waals surface area contributed by atoms with Crippen LogP contribution < -0.4 is 14.4 Å². The Labute approximate surface area is 145 Å². The summed E-state index contributed by atoms with van der Waals surface area (Å²) in [6, 6.07) is 17.5. The first kappa shape index (κ1) is 17.0. The molecule has 1 aliphatic heterocycles. The lowest BCUT2D eigenvalue weighted by atomic mass is 10.2. The fourth-order valence-corrected chi connectivity index (χ4v) is 3.92. The fraction of sp³-hybridized carbons (Fsp3) is 0.333. The third-order valence-electron chi connectivity index (χ3n) is 3.78. The topological polar surface area (TPSA) is 44.8 Å². The van der Waals surface area contributed by atoms with Gasteiger partial charge < -0.3 is 15.0 Å². The Kier molecular flexibility index (Phi) is 5.50. The second-order valence-corrected chi connectivity index (χ2v) is 7.37. The summed E-state index contributed by atoms with van der Waals surface area (Å²) in [5.74, 6) is 0.764. The standard InChI is InChI=1S/C18H23N3O2S/c1-20(2)13-12-19-14-18-23-17-11-7-6-10-16(17)21(24(18)22)15-8-4-3-5-9-15/h3-11,18-19H,12-14H2,1-2H3. The molecule has 0 saturated heterocycles. The Morgan fingerprint density at radius 3 is 2.58 bits per heavy atom. The highest BCUT2D eigenvalue weighted by Crippen LogP contribution is 2.40. The summed E-state index contributed by atoms with van der Waals surface area (Å²) < 4.78 is 20.9. The maximum atomic E-state index is 13.1. The molecule has 2 aromatic rings. The van der Waals surface area contributed by atoms with E-state index in [1.807, 2.05) is 73.0 Å². The van der Waals surface area contributed by atoms with E-state index in [4.69, 9.17) is 4.74 Å². The summed E-state index contributed by atoms with van der Waals surface area (Å²) in [5.41, 5.74) is 1.33. The fourth-order valence-electron chi connectivity index (χ4n) is 2.56. The van der Waals surface area contributed by atoms with Crippen molar-refractivity contribution in [2.24, 2.45) is 0 Å². The summed E-state index contributed by atoms with van der Waals surface area (Å²) in [6.45, 7) is 2.30. The Bertz CT molecular complexity index is 694. The van der Waals surface area contributed by atoms with Crippen molar-refractivity contribution in [3.05, 3.63) is 54.6 Å². The first-order chi connectivity index (χ1) is 11.7. The largest absolute Gasteiger partial charge is 0.472 e. The van der Waals surface area contributed by atoms with Crippen LogP contribution in [0.1, 0.15) is 0 Å². The Hall–Kier alpha value is -1.89. The van der Waals surface area contributed by atoms with Crippen LogP contribution in [-0.4, -0.2) is 48.3 Å². The summed E-state index contributed by atoms with van der Waals surface area (Å²) in [4.78, 5) is 2.11. The minimum atomic E-state index is -1.31. The lowest BCUT2D eigenvalue weighted by molar-refractivity contribution is 0.268. The van der Waals surface area contributed by atoms with Gasteiger partial charge in [-0.2, -0.15) is 0 Å². The molecular formula is C18H23N3O2S. The number of ether oxygens (including phenoxy) is 1. The monoisotopic (exact) mass is 345 g/mol. The van der Waals surface area contributed by atoms with E-state index < -0.39 is 16.4 Å². The number of nitrogens with one attached hydrogen (secondary N) is 1. The van der Waals surface area contributed by atoms with Crippen LogP contribution in [0.4, 0.5) is 11.4 Å². The van der Waals surface area contributed by atoms with Gasteiger partial charge in [-0.05, 0) is 38.4 Å². The van der Waals surface area contributed by atoms with Crippen LogP contribution in [0.15, 0.2) is 54.6 Å². The maximum absolute atomic E-state index is 13.1. The average molecular weight is 345 g/mol. The van der Waals surface area contributed by atoms with Crippen molar-refractivity contribution in [1.82, 2.24) is 10.2 Å². The Morgan fingerprint density at radius 1 is 1.12 bits per heavy atom. The van der Waals surface area contributed by atoms with Gasteiger partial charge in [-0.3, -0.25) is 4.31 Å². The smallest absolute Gasteiger partial charge is 0.205 e. The molecule has 3 rings (SSSR count). The molecule has 24 heavy (non-hydrogen) atoms. The number of likely N-dealkylation sites (N-methyl/N-ethyl adjacent to an activating group) is 1. The zero-order valence-electron chi connectivity index (χ0n) is 14.0. The molecule has 5 nitrogen and oxygen atoms in total. The highest BCUT2D eigenvalue weighted by molar-refractivity contribution is 7.87. The van der Waals surface area contributed by atoms with Crippen LogP contribution in [0.2, 0.25) is 0 Å². The molecule has 2 aromatic carbocycles. The molecule has 0 fully saturated rings. The predicted octanol–water partition coefficient (Wildman–Crippen LogP) is 2.36. The van der Waals surface area contributed by atoms with Gasteiger partial charge in [-0.15, -0.1) is 0 Å². The van der Waals surface area contributed by atoms with Gasteiger partial charge in [0, 0.05) is 19.6 Å².